The molecule has 1 heterocycles. The quantitative estimate of drug-likeness (QED) is 0.308. The van der Waals surface area contributed by atoms with Crippen molar-refractivity contribution < 1.29 is 4.92 Å². The number of rotatable bonds is 4. The van der Waals surface area contributed by atoms with Gasteiger partial charge in [-0.1, -0.05) is 36.4 Å². The van der Waals surface area contributed by atoms with Crippen molar-refractivity contribution in [1.82, 2.24) is 9.78 Å². The minimum absolute atomic E-state index is 0.0000869. The summed E-state index contributed by atoms with van der Waals surface area (Å²) in [4.78, 5) is 23.2. The van der Waals surface area contributed by atoms with E-state index in [1.807, 2.05) is 6.07 Å². The fraction of sp³-hybridized carbons (Fsp3) is 0.0588. The fourth-order valence-electron chi connectivity index (χ4n) is 2.50. The third-order valence-electron chi connectivity index (χ3n) is 3.88. The van der Waals surface area contributed by atoms with E-state index in [1.54, 1.807) is 37.3 Å². The van der Waals surface area contributed by atoms with E-state index in [4.69, 9.17) is 18.0 Å². The summed E-state index contributed by atoms with van der Waals surface area (Å²) in [6.45, 7) is 1.56. The average Bonchev–Trinajstić information content (AvgIpc) is 2.98. The van der Waals surface area contributed by atoms with Crippen LogP contribution in [0.1, 0.15) is 5.56 Å². The zero-order valence-electron chi connectivity index (χ0n) is 14.1. The summed E-state index contributed by atoms with van der Waals surface area (Å²) in [6, 6.07) is 13.5. The van der Waals surface area contributed by atoms with E-state index in [1.165, 1.54) is 12.1 Å². The van der Waals surface area contributed by atoms with Crippen LogP contribution in [0, 0.1) is 17.0 Å². The smallest absolute Gasteiger partial charge is 0.301 e. The summed E-state index contributed by atoms with van der Waals surface area (Å²) < 4.78 is 0.992. The molecular weight excluding hydrogens is 368 g/mol. The van der Waals surface area contributed by atoms with Gasteiger partial charge in [-0.2, -0.15) is 4.68 Å². The highest BCUT2D eigenvalue weighted by molar-refractivity contribution is 7.80. The summed E-state index contributed by atoms with van der Waals surface area (Å²) in [7, 11) is 0. The molecular formula is C17H14N6O3S. The van der Waals surface area contributed by atoms with E-state index >= 15 is 0 Å². The van der Waals surface area contributed by atoms with Crippen molar-refractivity contribution in [2.75, 3.05) is 0 Å². The Kier molecular flexibility index (Phi) is 4.90. The van der Waals surface area contributed by atoms with Crippen molar-refractivity contribution >= 4 is 34.4 Å². The lowest BCUT2D eigenvalue weighted by Gasteiger charge is -2.00. The summed E-state index contributed by atoms with van der Waals surface area (Å²) in [6.07, 6.45) is 0. The maximum atomic E-state index is 12.6. The second kappa shape index (κ2) is 7.30. The molecule has 0 spiro atoms. The standard InChI is InChI=1S/C17H14N6O3S/c1-10-12(8-5-9-13(10)23(25)26)19-20-15-14(11-6-3-2-4-7-11)21-22(16(15)24)17(18)27/h2-9,21H,1H3,(H2,18,27). The normalized spacial score (nSPS) is 11.0. The van der Waals surface area contributed by atoms with Crippen molar-refractivity contribution in [1.29, 1.82) is 0 Å². The van der Waals surface area contributed by atoms with Crippen molar-refractivity contribution in [3.63, 3.8) is 0 Å². The molecule has 0 atom stereocenters. The van der Waals surface area contributed by atoms with Gasteiger partial charge < -0.3 is 5.73 Å². The Morgan fingerprint density at radius 1 is 1.19 bits per heavy atom. The van der Waals surface area contributed by atoms with Crippen LogP contribution in [-0.4, -0.2) is 19.8 Å². The Balaban J connectivity index is 2.14. The number of nitro benzene ring substituents is 1. The van der Waals surface area contributed by atoms with Crippen molar-refractivity contribution in [3.8, 4) is 11.3 Å². The Labute approximate surface area is 158 Å². The van der Waals surface area contributed by atoms with Crippen LogP contribution in [0.5, 0.6) is 0 Å². The first-order chi connectivity index (χ1) is 12.9. The molecule has 10 heteroatoms. The highest BCUT2D eigenvalue weighted by atomic mass is 32.1. The second-order valence-electron chi connectivity index (χ2n) is 5.56. The van der Waals surface area contributed by atoms with E-state index in [9.17, 15) is 14.9 Å². The van der Waals surface area contributed by atoms with Gasteiger partial charge in [0.25, 0.3) is 5.69 Å². The van der Waals surface area contributed by atoms with Gasteiger partial charge in [0.05, 0.1) is 21.9 Å². The lowest BCUT2D eigenvalue weighted by atomic mass is 10.1. The molecule has 0 saturated carbocycles. The molecule has 3 N–H and O–H groups in total. The zero-order chi connectivity index (χ0) is 19.6. The van der Waals surface area contributed by atoms with Crippen molar-refractivity contribution in [2.45, 2.75) is 6.92 Å². The van der Waals surface area contributed by atoms with Gasteiger partial charge in [0, 0.05) is 11.6 Å². The van der Waals surface area contributed by atoms with Crippen LogP contribution in [0.3, 0.4) is 0 Å². The van der Waals surface area contributed by atoms with Gasteiger partial charge in [0.1, 0.15) is 0 Å². The lowest BCUT2D eigenvalue weighted by molar-refractivity contribution is -0.385. The highest BCUT2D eigenvalue weighted by Crippen LogP contribution is 2.30. The zero-order valence-corrected chi connectivity index (χ0v) is 14.9. The van der Waals surface area contributed by atoms with E-state index < -0.39 is 10.5 Å². The van der Waals surface area contributed by atoms with Gasteiger partial charge >= 0.3 is 5.56 Å². The van der Waals surface area contributed by atoms with E-state index in [2.05, 4.69) is 15.3 Å². The first-order valence-electron chi connectivity index (χ1n) is 7.76. The SMILES string of the molecule is Cc1c(N=Nc2c(-c3ccccc3)[nH]n(C(N)=S)c2=O)cccc1[N+](=O)[O-]. The molecule has 136 valence electrons. The van der Waals surface area contributed by atoms with Gasteiger partial charge in [0.15, 0.2) is 10.8 Å². The fourth-order valence-corrected chi connectivity index (χ4v) is 2.63. The van der Waals surface area contributed by atoms with Crippen LogP contribution in [0.15, 0.2) is 63.6 Å². The molecule has 3 aromatic rings. The number of aromatic amines is 1. The van der Waals surface area contributed by atoms with Crippen LogP contribution in [-0.2, 0) is 0 Å². The molecule has 3 rings (SSSR count). The largest absolute Gasteiger partial charge is 0.374 e. The number of azo groups is 1. The predicted molar refractivity (Wildman–Crippen MR) is 105 cm³/mol. The van der Waals surface area contributed by atoms with Crippen LogP contribution in [0.25, 0.3) is 11.3 Å². The van der Waals surface area contributed by atoms with Gasteiger partial charge in [-0.05, 0) is 25.2 Å². The number of aromatic nitrogens is 2. The maximum absolute atomic E-state index is 12.6. The van der Waals surface area contributed by atoms with E-state index in [0.717, 1.165) is 4.68 Å². The second-order valence-corrected chi connectivity index (χ2v) is 5.98. The number of benzene rings is 2. The van der Waals surface area contributed by atoms with Crippen molar-refractivity contribution in [3.05, 3.63) is 74.6 Å². The average molecular weight is 382 g/mol. The van der Waals surface area contributed by atoms with Gasteiger partial charge in [-0.3, -0.25) is 20.0 Å². The third-order valence-corrected chi connectivity index (χ3v) is 4.06. The summed E-state index contributed by atoms with van der Waals surface area (Å²) in [5.41, 5.74) is 6.64. The van der Waals surface area contributed by atoms with Gasteiger partial charge in [0.2, 0.25) is 0 Å². The van der Waals surface area contributed by atoms with Gasteiger partial charge in [-0.15, -0.1) is 10.2 Å². The lowest BCUT2D eigenvalue weighted by Crippen LogP contribution is -2.29. The third kappa shape index (κ3) is 3.51. The van der Waals surface area contributed by atoms with Gasteiger partial charge in [-0.25, -0.2) is 0 Å². The molecule has 27 heavy (non-hydrogen) atoms. The molecule has 0 aliphatic heterocycles. The molecule has 0 unspecified atom stereocenters. The number of nitrogens with two attached hydrogens (primary N) is 1. The Bertz CT molecular complexity index is 1120. The van der Waals surface area contributed by atoms with Crippen LogP contribution in [0.4, 0.5) is 17.1 Å². The molecule has 0 fully saturated rings. The van der Waals surface area contributed by atoms with Crippen molar-refractivity contribution in [2.24, 2.45) is 16.0 Å². The van der Waals surface area contributed by atoms with Crippen LogP contribution >= 0.6 is 12.2 Å². The summed E-state index contributed by atoms with van der Waals surface area (Å²) in [5.74, 6) is 0. The number of thiocarbonyl (C=S) groups is 1. The van der Waals surface area contributed by atoms with E-state index in [0.29, 0.717) is 16.8 Å². The predicted octanol–water partition coefficient (Wildman–Crippen LogP) is 3.57. The molecule has 0 aliphatic rings. The molecule has 0 saturated heterocycles. The Morgan fingerprint density at radius 2 is 1.89 bits per heavy atom. The molecule has 0 aliphatic carbocycles. The molecule has 0 amide bonds. The number of nitrogens with zero attached hydrogens (tertiary/aromatic N) is 4. The topological polar surface area (TPSA) is 132 Å². The van der Waals surface area contributed by atoms with E-state index in [-0.39, 0.29) is 22.2 Å². The number of nitro groups is 1. The molecule has 9 nitrogen and oxygen atoms in total. The Hall–Kier alpha value is -3.66. The number of H-pyrrole nitrogens is 1. The highest BCUT2D eigenvalue weighted by Gasteiger charge is 2.18. The molecule has 1 aromatic heterocycles. The summed E-state index contributed by atoms with van der Waals surface area (Å²) >= 11 is 4.88. The maximum Gasteiger partial charge on any atom is 0.301 e. The monoisotopic (exact) mass is 382 g/mol. The number of hydrogen-bond acceptors (Lipinski definition) is 6. The Morgan fingerprint density at radius 3 is 2.52 bits per heavy atom. The minimum atomic E-state index is -0.562. The number of hydrogen-bond donors (Lipinski definition) is 2. The molecule has 0 bridgehead atoms. The number of nitrogens with one attached hydrogen (secondary N) is 1. The molecule has 2 aromatic carbocycles. The molecule has 0 radical (unpaired) electrons. The van der Waals surface area contributed by atoms with Crippen LogP contribution in [0.2, 0.25) is 0 Å². The summed E-state index contributed by atoms with van der Waals surface area (Å²) in [5, 5.41) is 21.8. The first kappa shape index (κ1) is 18.1. The first-order valence-corrected chi connectivity index (χ1v) is 8.17. The minimum Gasteiger partial charge on any atom is -0.374 e. The van der Waals surface area contributed by atoms with Crippen LogP contribution < -0.4 is 11.3 Å².